The summed E-state index contributed by atoms with van der Waals surface area (Å²) in [6, 6.07) is 12.7. The molecule has 6 nitrogen and oxygen atoms in total. The molecule has 1 saturated heterocycles. The maximum atomic E-state index is 13.5. The fourth-order valence-corrected chi connectivity index (χ4v) is 6.03. The van der Waals surface area contributed by atoms with Gasteiger partial charge in [0.15, 0.2) is 0 Å². The van der Waals surface area contributed by atoms with Crippen LogP contribution in [0.4, 0.5) is 10.1 Å². The highest BCUT2D eigenvalue weighted by Crippen LogP contribution is 2.36. The number of aliphatic hydroxyl groups is 1. The van der Waals surface area contributed by atoms with Crippen LogP contribution in [0.5, 0.6) is 0 Å². The summed E-state index contributed by atoms with van der Waals surface area (Å²) in [6.45, 7) is 4.82. The van der Waals surface area contributed by atoms with Crippen LogP contribution in [0, 0.1) is 5.82 Å². The molecule has 0 spiro atoms. The van der Waals surface area contributed by atoms with Gasteiger partial charge in [-0.05, 0) is 54.8 Å². The Labute approximate surface area is 205 Å². The number of carbonyl (C=O) groups excluding carboxylic acids is 1. The second-order valence-corrected chi connectivity index (χ2v) is 10.1. The van der Waals surface area contributed by atoms with Gasteiger partial charge in [0, 0.05) is 67.7 Å². The normalized spacial score (nSPS) is 23.2. The average Bonchev–Trinajstić information content (AvgIpc) is 3.21. The van der Waals surface area contributed by atoms with E-state index in [1.165, 1.54) is 12.1 Å². The van der Waals surface area contributed by atoms with Crippen molar-refractivity contribution >= 4 is 22.5 Å². The maximum Gasteiger partial charge on any atom is 0.254 e. The predicted molar refractivity (Wildman–Crippen MR) is 134 cm³/mol. The van der Waals surface area contributed by atoms with Crippen molar-refractivity contribution in [2.24, 2.45) is 0 Å². The molecule has 2 unspecified atom stereocenters. The number of pyridine rings is 1. The Bertz CT molecular complexity index is 1240. The lowest BCUT2D eigenvalue weighted by Crippen LogP contribution is -2.46. The van der Waals surface area contributed by atoms with Gasteiger partial charge in [-0.3, -0.25) is 14.7 Å². The zero-order valence-corrected chi connectivity index (χ0v) is 19.9. The number of amides is 1. The van der Waals surface area contributed by atoms with E-state index in [-0.39, 0.29) is 17.8 Å². The Balaban J connectivity index is 1.23. The van der Waals surface area contributed by atoms with Crippen LogP contribution >= 0.6 is 0 Å². The van der Waals surface area contributed by atoms with Gasteiger partial charge in [0.2, 0.25) is 0 Å². The van der Waals surface area contributed by atoms with Gasteiger partial charge in [0.25, 0.3) is 5.91 Å². The number of fused-ring (bicyclic) bond motifs is 3. The molecule has 2 atom stereocenters. The van der Waals surface area contributed by atoms with E-state index < -0.39 is 6.10 Å². The van der Waals surface area contributed by atoms with Crippen LogP contribution in [-0.2, 0) is 13.1 Å². The van der Waals surface area contributed by atoms with E-state index >= 15 is 0 Å². The Hall–Kier alpha value is -3.03. The monoisotopic (exact) mass is 474 g/mol. The summed E-state index contributed by atoms with van der Waals surface area (Å²) in [6.07, 6.45) is 5.05. The second-order valence-electron chi connectivity index (χ2n) is 10.1. The SMILES string of the molecule is O=C1c2cc(CN3CCN(c4ccc(F)cc4)CC3)c3cccnc3c2CN1C1CCCCC1O. The fraction of sp³-hybridized carbons (Fsp3) is 0.429. The molecule has 1 aliphatic carbocycles. The van der Waals surface area contributed by atoms with Crippen molar-refractivity contribution in [1.29, 1.82) is 0 Å². The molecule has 3 aliphatic rings. The van der Waals surface area contributed by atoms with Gasteiger partial charge in [-0.25, -0.2) is 4.39 Å². The summed E-state index contributed by atoms with van der Waals surface area (Å²) in [7, 11) is 0. The van der Waals surface area contributed by atoms with E-state index in [9.17, 15) is 14.3 Å². The number of benzene rings is 2. The number of rotatable bonds is 4. The number of hydrogen-bond donors (Lipinski definition) is 1. The van der Waals surface area contributed by atoms with Crippen molar-refractivity contribution in [1.82, 2.24) is 14.8 Å². The van der Waals surface area contributed by atoms with Crippen molar-refractivity contribution in [2.75, 3.05) is 31.1 Å². The van der Waals surface area contributed by atoms with Crippen molar-refractivity contribution in [2.45, 2.75) is 50.9 Å². The Morgan fingerprint density at radius 2 is 1.80 bits per heavy atom. The lowest BCUT2D eigenvalue weighted by molar-refractivity contribution is 0.0192. The Morgan fingerprint density at radius 1 is 1.03 bits per heavy atom. The molecule has 0 radical (unpaired) electrons. The average molecular weight is 475 g/mol. The van der Waals surface area contributed by atoms with Crippen LogP contribution in [-0.4, -0.2) is 64.1 Å². The summed E-state index contributed by atoms with van der Waals surface area (Å²) in [5.74, 6) is -0.184. The number of aliphatic hydroxyl groups excluding tert-OH is 1. The third-order valence-electron chi connectivity index (χ3n) is 7.96. The number of nitrogens with zero attached hydrogens (tertiary/aromatic N) is 4. The minimum atomic E-state index is -0.446. The van der Waals surface area contributed by atoms with Crippen molar-refractivity contribution in [3.63, 3.8) is 0 Å². The highest BCUT2D eigenvalue weighted by Gasteiger charge is 2.38. The first-order valence-corrected chi connectivity index (χ1v) is 12.7. The van der Waals surface area contributed by atoms with Gasteiger partial charge >= 0.3 is 0 Å². The van der Waals surface area contributed by atoms with Crippen molar-refractivity contribution in [3.05, 3.63) is 71.2 Å². The Kier molecular flexibility index (Phi) is 5.90. The summed E-state index contributed by atoms with van der Waals surface area (Å²) in [4.78, 5) is 24.8. The molecule has 2 aliphatic heterocycles. The zero-order valence-electron chi connectivity index (χ0n) is 19.9. The summed E-state index contributed by atoms with van der Waals surface area (Å²) in [5.41, 5.74) is 4.82. The van der Waals surface area contributed by atoms with E-state index in [2.05, 4.69) is 21.9 Å². The molecule has 2 fully saturated rings. The molecule has 1 saturated carbocycles. The number of hydrogen-bond acceptors (Lipinski definition) is 5. The first-order chi connectivity index (χ1) is 17.1. The lowest BCUT2D eigenvalue weighted by Gasteiger charge is -2.36. The largest absolute Gasteiger partial charge is 0.391 e. The van der Waals surface area contributed by atoms with Crippen LogP contribution in [0.2, 0.25) is 0 Å². The van der Waals surface area contributed by atoms with Gasteiger partial charge in [0.1, 0.15) is 5.82 Å². The zero-order chi connectivity index (χ0) is 23.9. The summed E-state index contributed by atoms with van der Waals surface area (Å²) in [5, 5.41) is 11.7. The van der Waals surface area contributed by atoms with Gasteiger partial charge < -0.3 is 14.9 Å². The molecule has 1 aromatic heterocycles. The van der Waals surface area contributed by atoms with E-state index in [4.69, 9.17) is 4.98 Å². The minimum Gasteiger partial charge on any atom is -0.391 e. The third-order valence-corrected chi connectivity index (χ3v) is 7.96. The molecular formula is C28H31FN4O2. The molecular weight excluding hydrogens is 443 g/mol. The van der Waals surface area contributed by atoms with E-state index in [1.807, 2.05) is 23.1 Å². The molecule has 7 heteroatoms. The minimum absolute atomic E-state index is 0.0286. The van der Waals surface area contributed by atoms with Gasteiger partial charge in [0.05, 0.1) is 17.7 Å². The van der Waals surface area contributed by atoms with Crippen molar-refractivity contribution < 1.29 is 14.3 Å². The van der Waals surface area contributed by atoms with E-state index in [1.54, 1.807) is 6.20 Å². The smallest absolute Gasteiger partial charge is 0.254 e. The molecule has 2 aromatic carbocycles. The molecule has 0 bridgehead atoms. The molecule has 35 heavy (non-hydrogen) atoms. The highest BCUT2D eigenvalue weighted by atomic mass is 19.1. The van der Waals surface area contributed by atoms with Crippen LogP contribution in [0.15, 0.2) is 48.7 Å². The lowest BCUT2D eigenvalue weighted by atomic mass is 9.91. The fourth-order valence-electron chi connectivity index (χ4n) is 6.03. The van der Waals surface area contributed by atoms with Crippen LogP contribution in [0.25, 0.3) is 10.9 Å². The first kappa shape index (κ1) is 22.4. The molecule has 1 amide bonds. The number of piperazine rings is 1. The Morgan fingerprint density at radius 3 is 2.57 bits per heavy atom. The first-order valence-electron chi connectivity index (χ1n) is 12.7. The van der Waals surface area contributed by atoms with E-state index in [0.717, 1.165) is 91.7 Å². The number of halogens is 1. The molecule has 6 rings (SSSR count). The highest BCUT2D eigenvalue weighted by molar-refractivity contribution is 6.04. The molecule has 3 heterocycles. The van der Waals surface area contributed by atoms with E-state index in [0.29, 0.717) is 6.54 Å². The molecule has 1 N–H and O–H groups in total. The topological polar surface area (TPSA) is 59.9 Å². The van der Waals surface area contributed by atoms with Crippen LogP contribution in [0.1, 0.15) is 47.2 Å². The van der Waals surface area contributed by atoms with Gasteiger partial charge in [-0.1, -0.05) is 18.9 Å². The van der Waals surface area contributed by atoms with Crippen LogP contribution in [0.3, 0.4) is 0 Å². The predicted octanol–water partition coefficient (Wildman–Crippen LogP) is 3.96. The van der Waals surface area contributed by atoms with Crippen molar-refractivity contribution in [3.8, 4) is 0 Å². The summed E-state index contributed by atoms with van der Waals surface area (Å²) < 4.78 is 13.3. The van der Waals surface area contributed by atoms with Gasteiger partial charge in [-0.2, -0.15) is 0 Å². The quantitative estimate of drug-likeness (QED) is 0.621. The van der Waals surface area contributed by atoms with Gasteiger partial charge in [-0.15, -0.1) is 0 Å². The van der Waals surface area contributed by atoms with Crippen LogP contribution < -0.4 is 4.90 Å². The third kappa shape index (κ3) is 4.17. The maximum absolute atomic E-state index is 13.5. The standard InChI is InChI=1S/C28H31FN4O2/c29-20-7-9-21(10-8-20)32-14-12-31(13-15-32)17-19-16-23-24(27-22(19)4-3-11-30-27)18-33(28(23)35)25-5-1-2-6-26(25)34/h3-4,7-11,16,25-26,34H,1-2,5-6,12-15,17-18H2. The number of carbonyl (C=O) groups is 1. The second kappa shape index (κ2) is 9.21. The number of aromatic nitrogens is 1. The summed E-state index contributed by atoms with van der Waals surface area (Å²) >= 11 is 0. The molecule has 3 aromatic rings. The number of anilines is 1. The molecule has 182 valence electrons.